The first-order valence-corrected chi connectivity index (χ1v) is 5.50. The molecule has 1 aromatic rings. The summed E-state index contributed by atoms with van der Waals surface area (Å²) in [5, 5.41) is 3.35. The van der Waals surface area contributed by atoms with Crippen LogP contribution in [0.5, 0.6) is 0 Å². The normalized spacial score (nSPS) is 16.7. The highest BCUT2D eigenvalue weighted by Gasteiger charge is 2.16. The van der Waals surface area contributed by atoms with Crippen molar-refractivity contribution in [2.24, 2.45) is 5.92 Å². The summed E-state index contributed by atoms with van der Waals surface area (Å²) in [5.74, 6) is 1.85. The molecule has 0 atom stereocenters. The summed E-state index contributed by atoms with van der Waals surface area (Å²) in [6.07, 6.45) is 4.15. The molecule has 1 aromatic heterocycles. The van der Waals surface area contributed by atoms with Crippen LogP contribution in [0.15, 0.2) is 22.8 Å². The van der Waals surface area contributed by atoms with Crippen LogP contribution in [0, 0.1) is 5.92 Å². The highest BCUT2D eigenvalue weighted by Crippen LogP contribution is 2.26. The second kappa shape index (κ2) is 4.09. The maximum absolute atomic E-state index is 4.31. The summed E-state index contributed by atoms with van der Waals surface area (Å²) >= 11 is 3.35. The summed E-state index contributed by atoms with van der Waals surface area (Å²) < 4.78 is 0.895. The molecule has 1 aliphatic rings. The van der Waals surface area contributed by atoms with Gasteiger partial charge in [-0.05, 0) is 46.8 Å². The van der Waals surface area contributed by atoms with Crippen molar-refractivity contribution in [3.8, 4) is 0 Å². The molecule has 0 aromatic carbocycles. The molecule has 1 heterocycles. The van der Waals surface area contributed by atoms with E-state index in [1.54, 1.807) is 0 Å². The van der Waals surface area contributed by atoms with Crippen LogP contribution in [0.3, 0.4) is 0 Å². The van der Waals surface area contributed by atoms with Crippen molar-refractivity contribution in [1.29, 1.82) is 0 Å². The number of hydrogen-bond donors (Lipinski definition) is 1. The Hall–Kier alpha value is -0.570. The first-order valence-electron chi connectivity index (χ1n) is 4.71. The predicted molar refractivity (Wildman–Crippen MR) is 57.8 cm³/mol. The van der Waals surface area contributed by atoms with Gasteiger partial charge in [0, 0.05) is 6.54 Å². The van der Waals surface area contributed by atoms with Crippen molar-refractivity contribution < 1.29 is 0 Å². The molecule has 2 nitrogen and oxygen atoms in total. The molecule has 1 N–H and O–H groups in total. The fraction of sp³-hybridized carbons (Fsp3) is 0.500. The van der Waals surface area contributed by atoms with E-state index in [2.05, 4.69) is 26.2 Å². The highest BCUT2D eigenvalue weighted by molar-refractivity contribution is 9.10. The number of nitrogens with one attached hydrogen (secondary N) is 1. The van der Waals surface area contributed by atoms with Gasteiger partial charge in [-0.2, -0.15) is 0 Å². The van der Waals surface area contributed by atoms with Gasteiger partial charge >= 0.3 is 0 Å². The summed E-state index contributed by atoms with van der Waals surface area (Å²) in [5.41, 5.74) is 0. The zero-order chi connectivity index (χ0) is 9.10. The molecular weight excluding hydrogens is 228 g/mol. The monoisotopic (exact) mass is 240 g/mol. The van der Waals surface area contributed by atoms with E-state index in [1.165, 1.54) is 19.3 Å². The van der Waals surface area contributed by atoms with Gasteiger partial charge in [0.05, 0.1) is 0 Å². The largest absolute Gasteiger partial charge is 0.370 e. The fourth-order valence-electron chi connectivity index (χ4n) is 1.45. The highest BCUT2D eigenvalue weighted by atomic mass is 79.9. The maximum atomic E-state index is 4.31. The number of nitrogens with zero attached hydrogens (tertiary/aromatic N) is 1. The molecule has 2 rings (SSSR count). The summed E-state index contributed by atoms with van der Waals surface area (Å²) in [7, 11) is 0. The molecule has 0 aliphatic heterocycles. The van der Waals surface area contributed by atoms with Crippen LogP contribution in [0.2, 0.25) is 0 Å². The van der Waals surface area contributed by atoms with Crippen molar-refractivity contribution in [2.75, 3.05) is 11.9 Å². The number of pyridine rings is 1. The molecule has 70 valence electrons. The first-order chi connectivity index (χ1) is 6.34. The maximum Gasteiger partial charge on any atom is 0.127 e. The lowest BCUT2D eigenvalue weighted by atomic mass is 9.85. The topological polar surface area (TPSA) is 24.9 Å². The zero-order valence-electron chi connectivity index (χ0n) is 7.46. The second-order valence-corrected chi connectivity index (χ2v) is 4.34. The van der Waals surface area contributed by atoms with Crippen LogP contribution < -0.4 is 5.32 Å². The van der Waals surface area contributed by atoms with Crippen LogP contribution in [0.25, 0.3) is 0 Å². The van der Waals surface area contributed by atoms with Gasteiger partial charge in [0.1, 0.15) is 10.4 Å². The minimum atomic E-state index is 0.876. The van der Waals surface area contributed by atoms with Crippen molar-refractivity contribution in [2.45, 2.75) is 19.3 Å². The van der Waals surface area contributed by atoms with E-state index >= 15 is 0 Å². The lowest BCUT2D eigenvalue weighted by molar-refractivity contribution is 0.333. The third-order valence-corrected chi connectivity index (χ3v) is 2.95. The summed E-state index contributed by atoms with van der Waals surface area (Å²) in [4.78, 5) is 4.31. The van der Waals surface area contributed by atoms with Gasteiger partial charge in [-0.15, -0.1) is 0 Å². The standard InChI is InChI=1S/C10H13BrN2/c11-9-5-2-6-10(13-9)12-7-8-3-1-4-8/h2,5-6,8H,1,3-4,7H2,(H,12,13). The number of rotatable bonds is 3. The molecule has 1 fully saturated rings. The third kappa shape index (κ3) is 2.44. The molecule has 1 saturated carbocycles. The molecule has 0 bridgehead atoms. The molecule has 0 radical (unpaired) electrons. The molecule has 0 amide bonds. The molecule has 0 saturated heterocycles. The van der Waals surface area contributed by atoms with Crippen LogP contribution in [-0.2, 0) is 0 Å². The SMILES string of the molecule is Brc1cccc(NCC2CCC2)n1. The average molecular weight is 241 g/mol. The Labute approximate surface area is 86.9 Å². The number of hydrogen-bond acceptors (Lipinski definition) is 2. The van der Waals surface area contributed by atoms with Gasteiger partial charge < -0.3 is 5.32 Å². The van der Waals surface area contributed by atoms with E-state index in [4.69, 9.17) is 0 Å². The van der Waals surface area contributed by atoms with Gasteiger partial charge in [0.25, 0.3) is 0 Å². The number of aromatic nitrogens is 1. The van der Waals surface area contributed by atoms with Crippen molar-refractivity contribution >= 4 is 21.7 Å². The molecule has 0 unspecified atom stereocenters. The van der Waals surface area contributed by atoms with E-state index in [-0.39, 0.29) is 0 Å². The molecule has 0 spiro atoms. The van der Waals surface area contributed by atoms with Crippen molar-refractivity contribution in [3.63, 3.8) is 0 Å². The second-order valence-electron chi connectivity index (χ2n) is 3.52. The smallest absolute Gasteiger partial charge is 0.127 e. The van der Waals surface area contributed by atoms with Crippen LogP contribution >= 0.6 is 15.9 Å². The average Bonchev–Trinajstić information content (AvgIpc) is 2.01. The molecule has 3 heteroatoms. The Balaban J connectivity index is 1.86. The van der Waals surface area contributed by atoms with Gasteiger partial charge in [-0.3, -0.25) is 0 Å². The Morgan fingerprint density at radius 2 is 2.31 bits per heavy atom. The molecule has 13 heavy (non-hydrogen) atoms. The third-order valence-electron chi connectivity index (χ3n) is 2.51. The van der Waals surface area contributed by atoms with Gasteiger partial charge in [-0.25, -0.2) is 4.98 Å². The first kappa shape index (κ1) is 9.00. The van der Waals surface area contributed by atoms with E-state index in [9.17, 15) is 0 Å². The fourth-order valence-corrected chi connectivity index (χ4v) is 1.80. The Morgan fingerprint density at radius 3 is 2.92 bits per heavy atom. The van der Waals surface area contributed by atoms with Crippen LogP contribution in [0.4, 0.5) is 5.82 Å². The Bertz CT molecular complexity index is 284. The van der Waals surface area contributed by atoms with E-state index < -0.39 is 0 Å². The summed E-state index contributed by atoms with van der Waals surface area (Å²) in [6, 6.07) is 5.94. The van der Waals surface area contributed by atoms with Crippen molar-refractivity contribution in [1.82, 2.24) is 4.98 Å². The minimum Gasteiger partial charge on any atom is -0.370 e. The van der Waals surface area contributed by atoms with Crippen LogP contribution in [-0.4, -0.2) is 11.5 Å². The Kier molecular flexibility index (Phi) is 2.83. The predicted octanol–water partition coefficient (Wildman–Crippen LogP) is 3.06. The van der Waals surface area contributed by atoms with E-state index in [0.717, 1.165) is 22.9 Å². The summed E-state index contributed by atoms with van der Waals surface area (Å²) in [6.45, 7) is 1.07. The zero-order valence-corrected chi connectivity index (χ0v) is 9.05. The van der Waals surface area contributed by atoms with Gasteiger partial charge in [-0.1, -0.05) is 12.5 Å². The number of halogens is 1. The minimum absolute atomic E-state index is 0.876. The van der Waals surface area contributed by atoms with E-state index in [0.29, 0.717) is 0 Å². The van der Waals surface area contributed by atoms with Gasteiger partial charge in [0.15, 0.2) is 0 Å². The van der Waals surface area contributed by atoms with Gasteiger partial charge in [0.2, 0.25) is 0 Å². The Morgan fingerprint density at radius 1 is 1.46 bits per heavy atom. The lowest BCUT2D eigenvalue weighted by Gasteiger charge is -2.25. The van der Waals surface area contributed by atoms with Crippen LogP contribution in [0.1, 0.15) is 19.3 Å². The number of anilines is 1. The van der Waals surface area contributed by atoms with E-state index in [1.807, 2.05) is 18.2 Å². The molecular formula is C10H13BrN2. The molecule has 1 aliphatic carbocycles. The van der Waals surface area contributed by atoms with Crippen molar-refractivity contribution in [3.05, 3.63) is 22.8 Å². The quantitative estimate of drug-likeness (QED) is 0.822. The lowest BCUT2D eigenvalue weighted by Crippen LogP contribution is -2.21.